The molecular weight excluding hydrogens is 428 g/mol. The summed E-state index contributed by atoms with van der Waals surface area (Å²) in [6.45, 7) is 6.00. The summed E-state index contributed by atoms with van der Waals surface area (Å²) in [4.78, 5) is 20.3. The smallest absolute Gasteiger partial charge is 0.338 e. The topological polar surface area (TPSA) is 60.9 Å². The molecule has 0 aliphatic carbocycles. The molecule has 6 nitrogen and oxygen atoms in total. The fourth-order valence-corrected chi connectivity index (χ4v) is 5.47. The number of carbonyl (C=O) groups is 1. The summed E-state index contributed by atoms with van der Waals surface area (Å²) >= 11 is 0. The SMILES string of the molecule is C=C[C@H]1CN2CC[C@@H]1C[C@@H]2[C@H](OC(=O)c1ccc(OC)cc1)c1ccnc2ccc(OC)cc12. The van der Waals surface area contributed by atoms with Gasteiger partial charge in [0, 0.05) is 23.7 Å². The van der Waals surface area contributed by atoms with Crippen LogP contribution in [-0.2, 0) is 4.74 Å². The van der Waals surface area contributed by atoms with E-state index in [9.17, 15) is 4.79 Å². The first-order valence-electron chi connectivity index (χ1n) is 11.8. The number of piperidine rings is 3. The molecule has 3 saturated heterocycles. The number of hydrogen-bond donors (Lipinski definition) is 0. The molecule has 0 radical (unpaired) electrons. The summed E-state index contributed by atoms with van der Waals surface area (Å²) in [7, 11) is 3.26. The van der Waals surface area contributed by atoms with Crippen LogP contribution in [0.3, 0.4) is 0 Å². The number of rotatable bonds is 7. The molecule has 6 rings (SSSR count). The van der Waals surface area contributed by atoms with Crippen molar-refractivity contribution in [2.45, 2.75) is 25.0 Å². The average Bonchev–Trinajstić information content (AvgIpc) is 2.91. The van der Waals surface area contributed by atoms with Crippen LogP contribution in [0.25, 0.3) is 10.9 Å². The van der Waals surface area contributed by atoms with Crippen molar-refractivity contribution in [2.24, 2.45) is 11.8 Å². The molecule has 2 aromatic carbocycles. The molecule has 6 heteroatoms. The van der Waals surface area contributed by atoms with E-state index in [1.165, 1.54) is 0 Å². The molecule has 3 aromatic rings. The van der Waals surface area contributed by atoms with Crippen LogP contribution in [0.4, 0.5) is 0 Å². The zero-order valence-electron chi connectivity index (χ0n) is 19.6. The van der Waals surface area contributed by atoms with Crippen molar-refractivity contribution >= 4 is 16.9 Å². The molecule has 0 saturated carbocycles. The second-order valence-electron chi connectivity index (χ2n) is 9.08. The number of esters is 1. The van der Waals surface area contributed by atoms with E-state index < -0.39 is 6.10 Å². The third-order valence-corrected chi connectivity index (χ3v) is 7.35. The van der Waals surface area contributed by atoms with Gasteiger partial charge in [0.2, 0.25) is 0 Å². The number of benzene rings is 2. The van der Waals surface area contributed by atoms with Crippen LogP contribution >= 0.6 is 0 Å². The van der Waals surface area contributed by atoms with Crippen LogP contribution in [0.1, 0.15) is 34.9 Å². The van der Waals surface area contributed by atoms with Gasteiger partial charge in [-0.15, -0.1) is 6.58 Å². The first-order valence-corrected chi connectivity index (χ1v) is 11.8. The standard InChI is InChI=1S/C28H30N2O4/c1-4-18-17-30-14-12-20(18)15-26(30)27(34-28(31)19-5-7-21(32-2)8-6-19)23-11-13-29-25-10-9-22(33-3)16-24(23)25/h4-11,13,16,18,20,26-27H,1,12,14-15,17H2,2-3H3/t18-,20+,26+,27+/m0/s1. The Hall–Kier alpha value is -3.38. The molecule has 176 valence electrons. The largest absolute Gasteiger partial charge is 0.497 e. The lowest BCUT2D eigenvalue weighted by atomic mass is 9.73. The molecule has 4 heterocycles. The quantitative estimate of drug-likeness (QED) is 0.365. The Labute approximate surface area is 200 Å². The molecule has 0 N–H and O–H groups in total. The summed E-state index contributed by atoms with van der Waals surface area (Å²) in [6.07, 6.45) is 5.56. The lowest BCUT2D eigenvalue weighted by molar-refractivity contribution is -0.0568. The van der Waals surface area contributed by atoms with Crippen molar-refractivity contribution < 1.29 is 19.0 Å². The van der Waals surface area contributed by atoms with Gasteiger partial charge in [-0.2, -0.15) is 0 Å². The summed E-state index contributed by atoms with van der Waals surface area (Å²) in [5.74, 6) is 2.14. The summed E-state index contributed by atoms with van der Waals surface area (Å²) in [6, 6.07) is 14.9. The van der Waals surface area contributed by atoms with Crippen LogP contribution in [0.5, 0.6) is 11.5 Å². The van der Waals surface area contributed by atoms with Crippen molar-refractivity contribution in [3.05, 3.63) is 78.5 Å². The fraction of sp³-hybridized carbons (Fsp3) is 0.357. The third kappa shape index (κ3) is 4.14. The molecule has 2 bridgehead atoms. The van der Waals surface area contributed by atoms with Gasteiger partial charge >= 0.3 is 5.97 Å². The molecule has 0 amide bonds. The van der Waals surface area contributed by atoms with E-state index in [0.717, 1.165) is 48.1 Å². The number of aromatic nitrogens is 1. The Kier molecular flexibility index (Phi) is 6.24. The normalized spacial score (nSPS) is 24.4. The van der Waals surface area contributed by atoms with Crippen LogP contribution in [-0.4, -0.2) is 49.2 Å². The monoisotopic (exact) mass is 458 g/mol. The predicted molar refractivity (Wildman–Crippen MR) is 131 cm³/mol. The van der Waals surface area contributed by atoms with E-state index in [1.54, 1.807) is 44.7 Å². The number of methoxy groups -OCH3 is 2. The summed E-state index contributed by atoms with van der Waals surface area (Å²) in [5, 5.41) is 0.942. The number of hydrogen-bond acceptors (Lipinski definition) is 6. The Morgan fingerprint density at radius 1 is 1.12 bits per heavy atom. The van der Waals surface area contributed by atoms with Crippen molar-refractivity contribution in [2.75, 3.05) is 27.3 Å². The number of carbonyl (C=O) groups excluding carboxylic acids is 1. The number of fused-ring (bicyclic) bond motifs is 4. The Bertz CT molecular complexity index is 1190. The molecule has 3 fully saturated rings. The summed E-state index contributed by atoms with van der Waals surface area (Å²) in [5.41, 5.74) is 2.31. The molecule has 3 aliphatic rings. The second kappa shape index (κ2) is 9.47. The van der Waals surface area contributed by atoms with E-state index >= 15 is 0 Å². The number of pyridine rings is 1. The van der Waals surface area contributed by atoms with Gasteiger partial charge in [0.15, 0.2) is 0 Å². The van der Waals surface area contributed by atoms with E-state index in [4.69, 9.17) is 14.2 Å². The van der Waals surface area contributed by atoms with Crippen LogP contribution in [0, 0.1) is 11.8 Å². The van der Waals surface area contributed by atoms with Crippen LogP contribution in [0.15, 0.2) is 67.4 Å². The van der Waals surface area contributed by atoms with Crippen LogP contribution < -0.4 is 9.47 Å². The molecule has 5 atom stereocenters. The van der Waals surface area contributed by atoms with Gasteiger partial charge in [0.05, 0.1) is 31.3 Å². The number of nitrogens with zero attached hydrogens (tertiary/aromatic N) is 2. The first kappa shape index (κ1) is 22.4. The van der Waals surface area contributed by atoms with Gasteiger partial charge in [0.1, 0.15) is 17.6 Å². The highest BCUT2D eigenvalue weighted by Crippen LogP contribution is 2.44. The van der Waals surface area contributed by atoms with E-state index in [0.29, 0.717) is 23.1 Å². The van der Waals surface area contributed by atoms with Gasteiger partial charge in [-0.1, -0.05) is 6.08 Å². The fourth-order valence-electron chi connectivity index (χ4n) is 5.47. The van der Waals surface area contributed by atoms with Crippen molar-refractivity contribution in [3.8, 4) is 11.5 Å². The predicted octanol–water partition coefficient (Wildman–Crippen LogP) is 5.05. The average molecular weight is 459 g/mol. The molecule has 1 unspecified atom stereocenters. The lowest BCUT2D eigenvalue weighted by Crippen LogP contribution is -2.55. The Balaban J connectivity index is 1.54. The summed E-state index contributed by atoms with van der Waals surface area (Å²) < 4.78 is 17.0. The zero-order valence-corrected chi connectivity index (χ0v) is 19.6. The van der Waals surface area contributed by atoms with E-state index in [1.807, 2.05) is 24.3 Å². The van der Waals surface area contributed by atoms with Crippen molar-refractivity contribution in [3.63, 3.8) is 0 Å². The van der Waals surface area contributed by atoms with E-state index in [2.05, 4.69) is 22.5 Å². The minimum atomic E-state index is -0.430. The van der Waals surface area contributed by atoms with Gasteiger partial charge in [-0.05, 0) is 79.8 Å². The van der Waals surface area contributed by atoms with Gasteiger partial charge in [-0.3, -0.25) is 9.88 Å². The Morgan fingerprint density at radius 2 is 1.88 bits per heavy atom. The highest BCUT2D eigenvalue weighted by atomic mass is 16.5. The highest BCUT2D eigenvalue weighted by Gasteiger charge is 2.44. The zero-order chi connectivity index (χ0) is 23.7. The Morgan fingerprint density at radius 3 is 2.56 bits per heavy atom. The minimum absolute atomic E-state index is 0.0916. The molecule has 34 heavy (non-hydrogen) atoms. The maximum atomic E-state index is 13.3. The first-order chi connectivity index (χ1) is 16.6. The second-order valence-corrected chi connectivity index (χ2v) is 9.08. The minimum Gasteiger partial charge on any atom is -0.497 e. The van der Waals surface area contributed by atoms with Gasteiger partial charge < -0.3 is 14.2 Å². The lowest BCUT2D eigenvalue weighted by Gasteiger charge is -2.51. The van der Waals surface area contributed by atoms with E-state index in [-0.39, 0.29) is 12.0 Å². The molecule has 1 aromatic heterocycles. The van der Waals surface area contributed by atoms with Gasteiger partial charge in [0.25, 0.3) is 0 Å². The molecule has 3 aliphatic heterocycles. The van der Waals surface area contributed by atoms with Crippen molar-refractivity contribution in [1.82, 2.24) is 9.88 Å². The molecular formula is C28H30N2O4. The highest BCUT2D eigenvalue weighted by molar-refractivity contribution is 5.90. The van der Waals surface area contributed by atoms with Crippen LogP contribution in [0.2, 0.25) is 0 Å². The third-order valence-electron chi connectivity index (χ3n) is 7.35. The maximum Gasteiger partial charge on any atom is 0.338 e. The number of ether oxygens (including phenoxy) is 3. The molecule has 0 spiro atoms. The van der Waals surface area contributed by atoms with Gasteiger partial charge in [-0.25, -0.2) is 4.79 Å². The van der Waals surface area contributed by atoms with Crippen molar-refractivity contribution in [1.29, 1.82) is 0 Å². The maximum absolute atomic E-state index is 13.3.